The molecule has 0 saturated carbocycles. The van der Waals surface area contributed by atoms with E-state index in [0.717, 1.165) is 7.11 Å². The third kappa shape index (κ3) is 3.35. The Morgan fingerprint density at radius 1 is 1.55 bits per heavy atom. The topological polar surface area (TPSA) is 99.4 Å². The number of hydrogen-bond acceptors (Lipinski definition) is 7. The number of esters is 1. The van der Waals surface area contributed by atoms with E-state index in [9.17, 15) is 19.1 Å². The molecular formula is C11H6BrClN2O5S2. The fourth-order valence-corrected chi connectivity index (χ4v) is 4.36. The summed E-state index contributed by atoms with van der Waals surface area (Å²) in [7, 11) is -0.728. The van der Waals surface area contributed by atoms with E-state index in [-0.39, 0.29) is 24.8 Å². The van der Waals surface area contributed by atoms with Gasteiger partial charge < -0.3 is 4.74 Å². The van der Waals surface area contributed by atoms with Crippen molar-refractivity contribution < 1.29 is 18.7 Å². The molecule has 2 aromatic rings. The summed E-state index contributed by atoms with van der Waals surface area (Å²) in [6.45, 7) is 0. The lowest BCUT2D eigenvalue weighted by Crippen LogP contribution is -1.98. The number of hydrogen-bond donors (Lipinski definition) is 0. The molecule has 0 fully saturated rings. The van der Waals surface area contributed by atoms with Gasteiger partial charge in [-0.15, -0.1) is 0 Å². The molecule has 22 heavy (non-hydrogen) atoms. The van der Waals surface area contributed by atoms with Crippen LogP contribution in [0, 0.1) is 10.1 Å². The molecule has 0 aliphatic rings. The summed E-state index contributed by atoms with van der Waals surface area (Å²) in [5, 5.41) is 10.9. The van der Waals surface area contributed by atoms with Gasteiger partial charge in [-0.3, -0.25) is 10.1 Å². The minimum absolute atomic E-state index is 0.00135. The highest BCUT2D eigenvalue weighted by atomic mass is 79.9. The van der Waals surface area contributed by atoms with Gasteiger partial charge in [0.05, 0.1) is 32.2 Å². The summed E-state index contributed by atoms with van der Waals surface area (Å²) >= 11 is 9.50. The van der Waals surface area contributed by atoms with E-state index < -0.39 is 21.7 Å². The molecule has 1 unspecified atom stereocenters. The molecular weight excluding hydrogens is 420 g/mol. The van der Waals surface area contributed by atoms with Crippen molar-refractivity contribution in [2.75, 3.05) is 7.11 Å². The summed E-state index contributed by atoms with van der Waals surface area (Å²) in [6, 6.07) is 2.64. The van der Waals surface area contributed by atoms with Crippen molar-refractivity contribution in [2.24, 2.45) is 0 Å². The van der Waals surface area contributed by atoms with Gasteiger partial charge in [0, 0.05) is 6.20 Å². The smallest absolute Gasteiger partial charge is 0.348 e. The minimum Gasteiger partial charge on any atom is -0.465 e. The van der Waals surface area contributed by atoms with Crippen molar-refractivity contribution in [1.82, 2.24) is 4.98 Å². The second-order valence-corrected chi connectivity index (χ2v) is 7.43. The molecule has 0 amide bonds. The van der Waals surface area contributed by atoms with Gasteiger partial charge in [0.15, 0.2) is 0 Å². The van der Waals surface area contributed by atoms with Gasteiger partial charge in [-0.1, -0.05) is 22.9 Å². The summed E-state index contributed by atoms with van der Waals surface area (Å²) in [6.07, 6.45) is 1.25. The normalized spacial score (nSPS) is 12.0. The predicted molar refractivity (Wildman–Crippen MR) is 83.9 cm³/mol. The Kier molecular flexibility index (Phi) is 5.27. The van der Waals surface area contributed by atoms with Crippen LogP contribution in [0.3, 0.4) is 0 Å². The standard InChI is InChI=1S/C11H6BrClN2O5S2/c1-20-11(16)7-3-8(10(21-7)15(17)18)22(19)5-2-6(12)9(13)14-4-5/h2-4H,1H3. The molecule has 0 radical (unpaired) electrons. The molecule has 2 aromatic heterocycles. The van der Waals surface area contributed by atoms with Crippen LogP contribution in [-0.2, 0) is 15.5 Å². The number of methoxy groups -OCH3 is 1. The zero-order valence-corrected chi connectivity index (χ0v) is 14.7. The molecule has 116 valence electrons. The van der Waals surface area contributed by atoms with Gasteiger partial charge in [-0.25, -0.2) is 14.0 Å². The third-order valence-electron chi connectivity index (χ3n) is 2.42. The maximum absolute atomic E-state index is 12.5. The molecule has 0 aliphatic heterocycles. The summed E-state index contributed by atoms with van der Waals surface area (Å²) in [5.41, 5.74) is 0. The number of ether oxygens (including phenoxy) is 1. The van der Waals surface area contributed by atoms with Crippen LogP contribution < -0.4 is 0 Å². The average Bonchev–Trinajstić information content (AvgIpc) is 2.94. The Hall–Kier alpha value is -1.36. The monoisotopic (exact) mass is 424 g/mol. The third-order valence-corrected chi connectivity index (χ3v) is 6.11. The molecule has 7 nitrogen and oxygen atoms in total. The van der Waals surface area contributed by atoms with Gasteiger partial charge in [0.25, 0.3) is 0 Å². The van der Waals surface area contributed by atoms with E-state index in [2.05, 4.69) is 25.7 Å². The van der Waals surface area contributed by atoms with E-state index in [1.807, 2.05) is 0 Å². The van der Waals surface area contributed by atoms with Gasteiger partial charge in [-0.05, 0) is 28.1 Å². The van der Waals surface area contributed by atoms with Crippen molar-refractivity contribution in [1.29, 1.82) is 0 Å². The number of halogens is 2. The number of pyridine rings is 1. The maximum atomic E-state index is 12.5. The van der Waals surface area contributed by atoms with E-state index in [1.54, 1.807) is 0 Å². The summed E-state index contributed by atoms with van der Waals surface area (Å²) < 4.78 is 17.4. The fourth-order valence-electron chi connectivity index (χ4n) is 1.46. The number of rotatable bonds is 4. The molecule has 0 bridgehead atoms. The van der Waals surface area contributed by atoms with E-state index in [0.29, 0.717) is 15.8 Å². The number of nitro groups is 1. The molecule has 0 aliphatic carbocycles. The molecule has 11 heteroatoms. The predicted octanol–water partition coefficient (Wildman–Crippen LogP) is 3.42. The van der Waals surface area contributed by atoms with Gasteiger partial charge in [0.2, 0.25) is 0 Å². The molecule has 1 atom stereocenters. The molecule has 2 rings (SSSR count). The Balaban J connectivity index is 2.52. The van der Waals surface area contributed by atoms with E-state index in [4.69, 9.17) is 11.6 Å². The van der Waals surface area contributed by atoms with Crippen molar-refractivity contribution in [2.45, 2.75) is 9.79 Å². The molecule has 0 aromatic carbocycles. The highest BCUT2D eigenvalue weighted by Gasteiger charge is 2.28. The van der Waals surface area contributed by atoms with E-state index in [1.165, 1.54) is 18.3 Å². The van der Waals surface area contributed by atoms with Crippen LogP contribution >= 0.6 is 38.9 Å². The second kappa shape index (κ2) is 6.82. The van der Waals surface area contributed by atoms with Crippen LogP contribution in [0.5, 0.6) is 0 Å². The zero-order chi connectivity index (χ0) is 16.4. The lowest BCUT2D eigenvalue weighted by Gasteiger charge is -2.01. The Morgan fingerprint density at radius 2 is 2.23 bits per heavy atom. The lowest BCUT2D eigenvalue weighted by atomic mass is 10.5. The highest BCUT2D eigenvalue weighted by molar-refractivity contribution is 9.10. The van der Waals surface area contributed by atoms with Crippen molar-refractivity contribution >= 4 is 60.6 Å². The molecule has 2 heterocycles. The first kappa shape index (κ1) is 17.0. The highest BCUT2D eigenvalue weighted by Crippen LogP contribution is 2.36. The first-order valence-electron chi connectivity index (χ1n) is 5.44. The van der Waals surface area contributed by atoms with Crippen LogP contribution in [0.1, 0.15) is 9.67 Å². The average molecular weight is 426 g/mol. The largest absolute Gasteiger partial charge is 0.465 e. The fraction of sp³-hybridized carbons (Fsp3) is 0.0909. The van der Waals surface area contributed by atoms with Crippen LogP contribution in [-0.4, -0.2) is 27.2 Å². The molecule has 0 saturated heterocycles. The first-order chi connectivity index (χ1) is 10.3. The quantitative estimate of drug-likeness (QED) is 0.322. The SMILES string of the molecule is COC(=O)c1cc(S(=O)c2cnc(Cl)c(Br)c2)c([N+](=O)[O-])s1. The zero-order valence-electron chi connectivity index (χ0n) is 10.7. The van der Waals surface area contributed by atoms with Crippen LogP contribution in [0.2, 0.25) is 5.15 Å². The van der Waals surface area contributed by atoms with Gasteiger partial charge in [-0.2, -0.15) is 0 Å². The van der Waals surface area contributed by atoms with Crippen molar-refractivity contribution in [3.63, 3.8) is 0 Å². The van der Waals surface area contributed by atoms with Crippen LogP contribution in [0.15, 0.2) is 32.6 Å². The number of carbonyl (C=O) groups is 1. The maximum Gasteiger partial charge on any atom is 0.348 e. The van der Waals surface area contributed by atoms with Crippen LogP contribution in [0.4, 0.5) is 5.00 Å². The van der Waals surface area contributed by atoms with Gasteiger partial charge >= 0.3 is 11.0 Å². The number of aromatic nitrogens is 1. The summed E-state index contributed by atoms with van der Waals surface area (Å²) in [4.78, 5) is 25.8. The number of thiophene rings is 1. The number of carbonyl (C=O) groups excluding carboxylic acids is 1. The van der Waals surface area contributed by atoms with Crippen molar-refractivity contribution in [3.05, 3.63) is 42.9 Å². The Labute approximate surface area is 144 Å². The van der Waals surface area contributed by atoms with Gasteiger partial charge in [0.1, 0.15) is 14.9 Å². The minimum atomic E-state index is -1.89. The van der Waals surface area contributed by atoms with Crippen LogP contribution in [0.25, 0.3) is 0 Å². The molecule has 0 N–H and O–H groups in total. The van der Waals surface area contributed by atoms with Crippen molar-refractivity contribution in [3.8, 4) is 0 Å². The Bertz CT molecular complexity index is 795. The first-order valence-corrected chi connectivity index (χ1v) is 8.58. The number of nitrogens with zero attached hydrogens (tertiary/aromatic N) is 2. The molecule has 0 spiro atoms. The Morgan fingerprint density at radius 3 is 2.77 bits per heavy atom. The van der Waals surface area contributed by atoms with E-state index >= 15 is 0 Å². The lowest BCUT2D eigenvalue weighted by molar-refractivity contribution is -0.382. The second-order valence-electron chi connectivity index (χ2n) is 3.74. The summed E-state index contributed by atoms with van der Waals surface area (Å²) in [5.74, 6) is -0.730.